The third-order valence-corrected chi connectivity index (χ3v) is 5.96. The third-order valence-electron chi connectivity index (χ3n) is 5.71. The van der Waals surface area contributed by atoms with Crippen LogP contribution in [0.25, 0.3) is 22.6 Å². The molecule has 0 bridgehead atoms. The Bertz CT molecular complexity index is 1210. The second-order valence-electron chi connectivity index (χ2n) is 8.28. The molecule has 5 rings (SSSR count). The molecule has 6 nitrogen and oxygen atoms in total. The number of hydrogen-bond donors (Lipinski definition) is 1. The van der Waals surface area contributed by atoms with Crippen molar-refractivity contribution in [1.82, 2.24) is 9.88 Å². The molecule has 7 heteroatoms. The zero-order valence-electron chi connectivity index (χ0n) is 18.2. The van der Waals surface area contributed by atoms with Crippen molar-refractivity contribution >= 4 is 22.7 Å². The molecule has 1 aromatic heterocycles. The number of benzene rings is 3. The molecule has 0 unspecified atom stereocenters. The van der Waals surface area contributed by atoms with Gasteiger partial charge in [0.2, 0.25) is 5.89 Å². The first kappa shape index (κ1) is 21.8. The number of hydrogen-bond acceptors (Lipinski definition) is 6. The van der Waals surface area contributed by atoms with Crippen molar-refractivity contribution in [2.45, 2.75) is 18.9 Å². The molecule has 0 amide bonds. The van der Waals surface area contributed by atoms with Crippen molar-refractivity contribution < 1.29 is 13.9 Å². The summed E-state index contributed by atoms with van der Waals surface area (Å²) in [7, 11) is 0. The lowest BCUT2D eigenvalue weighted by atomic mass is 10.2. The Labute approximate surface area is 197 Å². The van der Waals surface area contributed by atoms with Crippen molar-refractivity contribution in [3.05, 3.63) is 71.8 Å². The van der Waals surface area contributed by atoms with Crippen LogP contribution in [0.2, 0.25) is 5.02 Å². The first-order valence-electron chi connectivity index (χ1n) is 11.2. The average Bonchev–Trinajstić information content (AvgIpc) is 3.44. The fourth-order valence-electron chi connectivity index (χ4n) is 3.97. The molecule has 170 valence electrons. The van der Waals surface area contributed by atoms with E-state index in [1.165, 1.54) is 0 Å². The molecule has 4 aromatic rings. The molecular weight excluding hydrogens is 438 g/mol. The number of nitrogens with zero attached hydrogens (tertiary/aromatic N) is 2. The van der Waals surface area contributed by atoms with E-state index in [1.54, 1.807) is 12.1 Å². The normalized spacial score (nSPS) is 16.4. The average molecular weight is 464 g/mol. The van der Waals surface area contributed by atoms with Crippen LogP contribution in [0.5, 0.6) is 17.2 Å². The summed E-state index contributed by atoms with van der Waals surface area (Å²) in [6, 6.07) is 21.0. The largest absolute Gasteiger partial charge is 0.494 e. The van der Waals surface area contributed by atoms with E-state index in [0.29, 0.717) is 40.6 Å². The van der Waals surface area contributed by atoms with Gasteiger partial charge in [-0.1, -0.05) is 11.6 Å². The SMILES string of the molecule is N[C@H]1CCN(CCCOc2ccc(-c3nc4ccc(Oc5ccc(Cl)cc5)cc4o3)cc2)C1. The standard InChI is InChI=1S/C26H26ClN3O3/c27-19-4-8-22(9-5-19)32-23-10-11-24-25(16-23)33-26(29-24)18-2-6-21(7-3-18)31-15-1-13-30-14-12-20(28)17-30/h2-11,16,20H,1,12-15,17,28H2/t20-/m0/s1. The van der Waals surface area contributed by atoms with Gasteiger partial charge in [0.25, 0.3) is 0 Å². The van der Waals surface area contributed by atoms with Crippen molar-refractivity contribution in [1.29, 1.82) is 0 Å². The predicted octanol–water partition coefficient (Wildman–Crippen LogP) is 5.74. The minimum atomic E-state index is 0.327. The van der Waals surface area contributed by atoms with Crippen LogP contribution in [-0.2, 0) is 0 Å². The number of ether oxygens (including phenoxy) is 2. The topological polar surface area (TPSA) is 73.8 Å². The molecule has 2 heterocycles. The van der Waals surface area contributed by atoms with Gasteiger partial charge in [-0.05, 0) is 80.1 Å². The highest BCUT2D eigenvalue weighted by Gasteiger charge is 2.18. The maximum absolute atomic E-state index is 5.99. The number of rotatable bonds is 8. The second-order valence-corrected chi connectivity index (χ2v) is 8.72. The van der Waals surface area contributed by atoms with E-state index in [1.807, 2.05) is 54.6 Å². The van der Waals surface area contributed by atoms with Crippen molar-refractivity contribution in [2.24, 2.45) is 5.73 Å². The number of aromatic nitrogens is 1. The Kier molecular flexibility index (Phi) is 6.48. The fraction of sp³-hybridized carbons (Fsp3) is 0.269. The van der Waals surface area contributed by atoms with Crippen molar-refractivity contribution in [2.75, 3.05) is 26.2 Å². The van der Waals surface area contributed by atoms with Gasteiger partial charge < -0.3 is 24.5 Å². The molecule has 1 aliphatic rings. The van der Waals surface area contributed by atoms with E-state index < -0.39 is 0 Å². The minimum absolute atomic E-state index is 0.327. The molecule has 2 N–H and O–H groups in total. The van der Waals surface area contributed by atoms with Crippen molar-refractivity contribution in [3.63, 3.8) is 0 Å². The summed E-state index contributed by atoms with van der Waals surface area (Å²) in [5, 5.41) is 0.668. The van der Waals surface area contributed by atoms with E-state index >= 15 is 0 Å². The van der Waals surface area contributed by atoms with Crippen LogP contribution in [0.1, 0.15) is 12.8 Å². The van der Waals surface area contributed by atoms with Crippen LogP contribution in [0.15, 0.2) is 71.1 Å². The van der Waals surface area contributed by atoms with Crippen molar-refractivity contribution in [3.8, 4) is 28.7 Å². The molecule has 33 heavy (non-hydrogen) atoms. The minimum Gasteiger partial charge on any atom is -0.494 e. The molecule has 0 radical (unpaired) electrons. The van der Waals surface area contributed by atoms with Crippen LogP contribution in [-0.4, -0.2) is 42.2 Å². The number of halogens is 1. The van der Waals surface area contributed by atoms with Gasteiger partial charge in [0.05, 0.1) is 6.61 Å². The zero-order chi connectivity index (χ0) is 22.6. The summed E-state index contributed by atoms with van der Waals surface area (Å²) in [5.74, 6) is 2.78. The second kappa shape index (κ2) is 9.83. The van der Waals surface area contributed by atoms with Gasteiger partial charge in [0.15, 0.2) is 5.58 Å². The van der Waals surface area contributed by atoms with E-state index in [0.717, 1.165) is 49.3 Å². The van der Waals surface area contributed by atoms with E-state index in [9.17, 15) is 0 Å². The van der Waals surface area contributed by atoms with Gasteiger partial charge in [-0.25, -0.2) is 4.98 Å². The smallest absolute Gasteiger partial charge is 0.227 e. The molecular formula is C26H26ClN3O3. The fourth-order valence-corrected chi connectivity index (χ4v) is 4.09. The Morgan fingerprint density at radius 1 is 1.00 bits per heavy atom. The number of nitrogens with two attached hydrogens (primary N) is 1. The quantitative estimate of drug-likeness (QED) is 0.336. The molecule has 0 saturated carbocycles. The van der Waals surface area contributed by atoms with Gasteiger partial charge in [-0.2, -0.15) is 0 Å². The summed E-state index contributed by atoms with van der Waals surface area (Å²) in [6.07, 6.45) is 2.08. The van der Waals surface area contributed by atoms with Crippen LogP contribution in [0, 0.1) is 0 Å². The Morgan fingerprint density at radius 3 is 2.52 bits per heavy atom. The zero-order valence-corrected chi connectivity index (χ0v) is 19.0. The van der Waals surface area contributed by atoms with Gasteiger partial charge in [-0.3, -0.25) is 0 Å². The Balaban J connectivity index is 1.19. The summed E-state index contributed by atoms with van der Waals surface area (Å²) in [5.41, 5.74) is 8.29. The number of oxazole rings is 1. The van der Waals surface area contributed by atoms with E-state index in [-0.39, 0.29) is 0 Å². The van der Waals surface area contributed by atoms with Gasteiger partial charge in [0.1, 0.15) is 22.8 Å². The number of fused-ring (bicyclic) bond motifs is 1. The van der Waals surface area contributed by atoms with Crippen LogP contribution < -0.4 is 15.2 Å². The van der Waals surface area contributed by atoms with E-state index in [4.69, 9.17) is 31.2 Å². The predicted molar refractivity (Wildman–Crippen MR) is 130 cm³/mol. The van der Waals surface area contributed by atoms with Crippen LogP contribution in [0.3, 0.4) is 0 Å². The van der Waals surface area contributed by atoms with E-state index in [2.05, 4.69) is 9.88 Å². The number of likely N-dealkylation sites (tertiary alicyclic amines) is 1. The summed E-state index contributed by atoms with van der Waals surface area (Å²) in [4.78, 5) is 7.00. The first-order valence-corrected chi connectivity index (χ1v) is 11.6. The Hall–Kier alpha value is -3.06. The monoisotopic (exact) mass is 463 g/mol. The van der Waals surface area contributed by atoms with Crippen LogP contribution in [0.4, 0.5) is 0 Å². The summed E-state index contributed by atoms with van der Waals surface area (Å²) >= 11 is 5.93. The lowest BCUT2D eigenvalue weighted by molar-refractivity contribution is 0.262. The highest BCUT2D eigenvalue weighted by Crippen LogP contribution is 2.30. The lowest BCUT2D eigenvalue weighted by Crippen LogP contribution is -2.28. The van der Waals surface area contributed by atoms with Gasteiger partial charge in [-0.15, -0.1) is 0 Å². The molecule has 1 atom stereocenters. The molecule has 1 aliphatic heterocycles. The molecule has 1 fully saturated rings. The molecule has 0 aliphatic carbocycles. The highest BCUT2D eigenvalue weighted by molar-refractivity contribution is 6.30. The summed E-state index contributed by atoms with van der Waals surface area (Å²) in [6.45, 7) is 3.80. The van der Waals surface area contributed by atoms with Crippen LogP contribution >= 0.6 is 11.6 Å². The van der Waals surface area contributed by atoms with Gasteiger partial charge >= 0.3 is 0 Å². The maximum Gasteiger partial charge on any atom is 0.227 e. The maximum atomic E-state index is 5.99. The van der Waals surface area contributed by atoms with Gasteiger partial charge in [0, 0.05) is 35.8 Å². The lowest BCUT2D eigenvalue weighted by Gasteiger charge is -2.15. The molecule has 1 saturated heterocycles. The molecule has 0 spiro atoms. The summed E-state index contributed by atoms with van der Waals surface area (Å²) < 4.78 is 17.8. The molecule has 3 aromatic carbocycles. The third kappa shape index (κ3) is 5.47. The highest BCUT2D eigenvalue weighted by atomic mass is 35.5. The Morgan fingerprint density at radius 2 is 1.76 bits per heavy atom. The first-order chi connectivity index (χ1) is 16.1.